The average Bonchev–Trinajstić information content (AvgIpc) is 3.40. The molecule has 5 amide bonds. The lowest BCUT2D eigenvalue weighted by atomic mass is 10.1. The van der Waals surface area contributed by atoms with Crippen LogP contribution in [0.4, 0.5) is 11.4 Å². The summed E-state index contributed by atoms with van der Waals surface area (Å²) >= 11 is 0. The lowest BCUT2D eigenvalue weighted by Crippen LogP contribution is -2.56. The van der Waals surface area contributed by atoms with Crippen LogP contribution in [-0.2, 0) is 28.8 Å². The Bertz CT molecular complexity index is 1140. The highest BCUT2D eigenvalue weighted by molar-refractivity contribution is 5.99. The first kappa shape index (κ1) is 31.7. The minimum Gasteiger partial charge on any atom is -0.481 e. The molecule has 5 N–H and O–H groups in total. The zero-order valence-corrected chi connectivity index (χ0v) is 22.5. The molecule has 0 aromatic heterocycles. The van der Waals surface area contributed by atoms with Crippen molar-refractivity contribution in [3.05, 3.63) is 34.4 Å². The molecule has 40 heavy (non-hydrogen) atoms. The molecule has 1 aliphatic rings. The molecule has 0 bridgehead atoms. The van der Waals surface area contributed by atoms with Gasteiger partial charge in [-0.25, -0.2) is 0 Å². The van der Waals surface area contributed by atoms with Gasteiger partial charge in [0.15, 0.2) is 0 Å². The van der Waals surface area contributed by atoms with Crippen molar-refractivity contribution in [1.29, 1.82) is 0 Å². The predicted octanol–water partition coefficient (Wildman–Crippen LogP) is 0.293. The number of carboxylic acids is 1. The Labute approximate surface area is 230 Å². The number of nitro groups is 1. The quantitative estimate of drug-likeness (QED) is 0.165. The maximum atomic E-state index is 13.1. The number of benzene rings is 1. The summed E-state index contributed by atoms with van der Waals surface area (Å²) in [6.07, 6.45) is 0.455. The van der Waals surface area contributed by atoms with Crippen molar-refractivity contribution in [2.75, 3.05) is 11.9 Å². The molecule has 0 spiro atoms. The van der Waals surface area contributed by atoms with Gasteiger partial charge in [-0.05, 0) is 45.2 Å². The minimum atomic E-state index is -1.15. The molecule has 1 aromatic rings. The fraction of sp³-hybridized carbons (Fsp3) is 0.520. The lowest BCUT2D eigenvalue weighted by molar-refractivity contribution is -0.384. The van der Waals surface area contributed by atoms with Crippen molar-refractivity contribution >= 4 is 46.9 Å². The van der Waals surface area contributed by atoms with Crippen LogP contribution in [0, 0.1) is 10.1 Å². The van der Waals surface area contributed by atoms with Gasteiger partial charge in [-0.15, -0.1) is 0 Å². The Morgan fingerprint density at radius 1 is 1.00 bits per heavy atom. The Morgan fingerprint density at radius 2 is 1.65 bits per heavy atom. The number of amides is 5. The van der Waals surface area contributed by atoms with Gasteiger partial charge in [-0.1, -0.05) is 6.92 Å². The molecule has 1 fully saturated rings. The van der Waals surface area contributed by atoms with Gasteiger partial charge in [-0.3, -0.25) is 38.9 Å². The van der Waals surface area contributed by atoms with E-state index in [1.165, 1.54) is 43.0 Å². The largest absolute Gasteiger partial charge is 0.481 e. The molecule has 1 aromatic carbocycles. The molecule has 4 atom stereocenters. The number of nitro benzene ring substituents is 1. The number of hydrogen-bond donors (Lipinski definition) is 5. The topological polar surface area (TPSA) is 217 Å². The smallest absolute Gasteiger partial charge is 0.303 e. The van der Waals surface area contributed by atoms with Crippen LogP contribution >= 0.6 is 0 Å². The van der Waals surface area contributed by atoms with Crippen LogP contribution in [0.3, 0.4) is 0 Å². The molecule has 0 radical (unpaired) electrons. The number of nitrogens with zero attached hydrogens (tertiary/aromatic N) is 2. The Morgan fingerprint density at radius 3 is 2.23 bits per heavy atom. The van der Waals surface area contributed by atoms with Crippen molar-refractivity contribution in [1.82, 2.24) is 20.9 Å². The number of likely N-dealkylation sites (tertiary alicyclic amines) is 1. The molecule has 218 valence electrons. The molecule has 2 rings (SSSR count). The van der Waals surface area contributed by atoms with E-state index in [1.807, 2.05) is 0 Å². The van der Waals surface area contributed by atoms with E-state index in [9.17, 15) is 38.9 Å². The third-order valence-corrected chi connectivity index (χ3v) is 6.29. The van der Waals surface area contributed by atoms with E-state index in [0.29, 0.717) is 18.5 Å². The fourth-order valence-corrected chi connectivity index (χ4v) is 4.07. The van der Waals surface area contributed by atoms with Crippen LogP contribution in [0.25, 0.3) is 0 Å². The van der Waals surface area contributed by atoms with E-state index in [4.69, 9.17) is 5.11 Å². The van der Waals surface area contributed by atoms with Crippen molar-refractivity contribution in [3.63, 3.8) is 0 Å². The highest BCUT2D eigenvalue weighted by atomic mass is 16.6. The summed E-state index contributed by atoms with van der Waals surface area (Å²) in [7, 11) is 0. The van der Waals surface area contributed by atoms with E-state index in [-0.39, 0.29) is 31.5 Å². The number of aliphatic carboxylic acids is 1. The molecular weight excluding hydrogens is 528 g/mol. The summed E-state index contributed by atoms with van der Waals surface area (Å²) in [5, 5.41) is 29.6. The van der Waals surface area contributed by atoms with Gasteiger partial charge in [0.25, 0.3) is 5.69 Å². The van der Waals surface area contributed by atoms with E-state index >= 15 is 0 Å². The standard InChI is InChI=1S/C25H34N6O9/c1-4-18(23(36)28-16-7-9-17(10-8-16)31(39)40)29-24(37)19-6-5-13-30(19)25(38)15(3)27-22(35)14(2)26-20(32)11-12-21(33)34/h7-10,14-15,18-19H,4-6,11-13H2,1-3H3,(H,26,32)(H,27,35)(H,28,36)(H,29,37)(H,33,34)/t14-,15+,18+,19+/m1/s1. The number of carbonyl (C=O) groups excluding carboxylic acids is 5. The second kappa shape index (κ2) is 14.6. The summed E-state index contributed by atoms with van der Waals surface area (Å²) in [4.78, 5) is 85.2. The molecule has 1 saturated heterocycles. The summed E-state index contributed by atoms with van der Waals surface area (Å²) < 4.78 is 0. The number of nitrogens with one attached hydrogen (secondary N) is 4. The van der Waals surface area contributed by atoms with Crippen molar-refractivity contribution in [3.8, 4) is 0 Å². The van der Waals surface area contributed by atoms with Gasteiger partial charge < -0.3 is 31.3 Å². The van der Waals surface area contributed by atoms with Crippen LogP contribution < -0.4 is 21.3 Å². The van der Waals surface area contributed by atoms with Gasteiger partial charge in [0, 0.05) is 30.8 Å². The summed E-state index contributed by atoms with van der Waals surface area (Å²) in [6, 6.07) is 1.40. The number of carboxylic acid groups (broad SMARTS) is 1. The molecular formula is C25H34N6O9. The number of carbonyl (C=O) groups is 6. The molecule has 1 heterocycles. The lowest BCUT2D eigenvalue weighted by Gasteiger charge is -2.29. The predicted molar refractivity (Wildman–Crippen MR) is 141 cm³/mol. The summed E-state index contributed by atoms with van der Waals surface area (Å²) in [6.45, 7) is 4.80. The van der Waals surface area contributed by atoms with Crippen LogP contribution in [0.2, 0.25) is 0 Å². The Kier molecular flexibility index (Phi) is 11.5. The first-order valence-corrected chi connectivity index (χ1v) is 12.8. The Balaban J connectivity index is 1.94. The number of hydrogen-bond acceptors (Lipinski definition) is 8. The maximum absolute atomic E-state index is 13.1. The third-order valence-electron chi connectivity index (χ3n) is 6.29. The number of anilines is 1. The number of rotatable bonds is 13. The average molecular weight is 563 g/mol. The van der Waals surface area contributed by atoms with Gasteiger partial charge >= 0.3 is 5.97 Å². The fourth-order valence-electron chi connectivity index (χ4n) is 4.07. The summed E-state index contributed by atoms with van der Waals surface area (Å²) in [5.41, 5.74) is 0.183. The SMILES string of the molecule is CC[C@H](NC(=O)[C@@H]1CCCN1C(=O)[C@H](C)NC(=O)[C@@H](C)NC(=O)CCC(=O)O)C(=O)Nc1ccc([N+](=O)[O-])cc1. The van der Waals surface area contributed by atoms with Crippen molar-refractivity contribution in [2.45, 2.75) is 77.0 Å². The molecule has 0 unspecified atom stereocenters. The highest BCUT2D eigenvalue weighted by Crippen LogP contribution is 2.20. The molecule has 15 nitrogen and oxygen atoms in total. The van der Waals surface area contributed by atoms with Crippen LogP contribution in [-0.4, -0.2) is 81.1 Å². The summed E-state index contributed by atoms with van der Waals surface area (Å²) in [5.74, 6) is -4.00. The second-order valence-corrected chi connectivity index (χ2v) is 9.37. The van der Waals surface area contributed by atoms with E-state index in [1.54, 1.807) is 6.92 Å². The first-order chi connectivity index (χ1) is 18.8. The van der Waals surface area contributed by atoms with E-state index < -0.39 is 64.6 Å². The van der Waals surface area contributed by atoms with Gasteiger partial charge in [0.05, 0.1) is 11.3 Å². The monoisotopic (exact) mass is 562 g/mol. The molecule has 0 aliphatic carbocycles. The van der Waals surface area contributed by atoms with Crippen molar-refractivity contribution in [2.24, 2.45) is 0 Å². The highest BCUT2D eigenvalue weighted by Gasteiger charge is 2.37. The minimum absolute atomic E-state index is 0.135. The zero-order chi connectivity index (χ0) is 30.0. The van der Waals surface area contributed by atoms with Gasteiger partial charge in [0.2, 0.25) is 29.5 Å². The van der Waals surface area contributed by atoms with Gasteiger partial charge in [-0.2, -0.15) is 0 Å². The zero-order valence-electron chi connectivity index (χ0n) is 22.5. The third kappa shape index (κ3) is 9.03. The van der Waals surface area contributed by atoms with Crippen LogP contribution in [0.15, 0.2) is 24.3 Å². The van der Waals surface area contributed by atoms with Crippen molar-refractivity contribution < 1.29 is 38.8 Å². The molecule has 15 heteroatoms. The first-order valence-electron chi connectivity index (χ1n) is 12.8. The van der Waals surface area contributed by atoms with Crippen LogP contribution in [0.5, 0.6) is 0 Å². The maximum Gasteiger partial charge on any atom is 0.303 e. The van der Waals surface area contributed by atoms with Gasteiger partial charge in [0.1, 0.15) is 24.2 Å². The van der Waals surface area contributed by atoms with Crippen LogP contribution in [0.1, 0.15) is 52.9 Å². The molecule has 1 aliphatic heterocycles. The van der Waals surface area contributed by atoms with E-state index in [2.05, 4.69) is 21.3 Å². The Hall–Kier alpha value is -4.56. The number of non-ortho nitro benzene ring substituents is 1. The molecule has 0 saturated carbocycles. The van der Waals surface area contributed by atoms with E-state index in [0.717, 1.165) is 0 Å². The second-order valence-electron chi connectivity index (χ2n) is 9.37. The normalized spacial score (nSPS) is 16.7.